The lowest BCUT2D eigenvalue weighted by molar-refractivity contribution is -0.115. The summed E-state index contributed by atoms with van der Waals surface area (Å²) in [5, 5.41) is 10.1. The number of carbonyl (C=O) groups excluding carboxylic acids is 1. The van der Waals surface area contributed by atoms with Crippen molar-refractivity contribution in [2.24, 2.45) is 0 Å². The third-order valence-corrected chi connectivity index (χ3v) is 3.99. The van der Waals surface area contributed by atoms with Crippen molar-refractivity contribution in [1.82, 2.24) is 15.2 Å². The molecule has 0 atom stereocenters. The molecular formula is C16H20N4O. The highest BCUT2D eigenvalue weighted by atomic mass is 16.1. The Morgan fingerprint density at radius 1 is 1.38 bits per heavy atom. The van der Waals surface area contributed by atoms with Gasteiger partial charge in [0, 0.05) is 29.6 Å². The van der Waals surface area contributed by atoms with Crippen molar-refractivity contribution in [3.8, 4) is 0 Å². The smallest absolute Gasteiger partial charge is 0.229 e. The summed E-state index contributed by atoms with van der Waals surface area (Å²) in [6, 6.07) is 5.75. The number of pyridine rings is 1. The Balaban J connectivity index is 1.59. The fourth-order valence-electron chi connectivity index (χ4n) is 2.93. The third-order valence-electron chi connectivity index (χ3n) is 3.99. The highest BCUT2D eigenvalue weighted by Crippen LogP contribution is 2.33. The minimum Gasteiger partial charge on any atom is -0.309 e. The zero-order valence-corrected chi connectivity index (χ0v) is 12.2. The Morgan fingerprint density at radius 2 is 2.19 bits per heavy atom. The number of hydrogen-bond donors (Lipinski definition) is 2. The van der Waals surface area contributed by atoms with Crippen LogP contribution in [-0.4, -0.2) is 21.1 Å². The molecule has 2 aromatic heterocycles. The number of H-pyrrole nitrogens is 1. The van der Waals surface area contributed by atoms with E-state index in [1.807, 2.05) is 25.1 Å². The molecule has 2 heterocycles. The van der Waals surface area contributed by atoms with E-state index in [1.54, 1.807) is 6.20 Å². The number of aromatic nitrogens is 3. The predicted molar refractivity (Wildman–Crippen MR) is 81.1 cm³/mol. The molecule has 21 heavy (non-hydrogen) atoms. The molecule has 1 amide bonds. The molecule has 0 aliphatic heterocycles. The van der Waals surface area contributed by atoms with Crippen molar-refractivity contribution in [2.45, 2.75) is 44.9 Å². The van der Waals surface area contributed by atoms with Crippen LogP contribution in [0.5, 0.6) is 0 Å². The molecular weight excluding hydrogens is 264 g/mol. The van der Waals surface area contributed by atoms with Crippen LogP contribution in [0.15, 0.2) is 24.4 Å². The summed E-state index contributed by atoms with van der Waals surface area (Å²) < 4.78 is 0. The van der Waals surface area contributed by atoms with Crippen molar-refractivity contribution >= 4 is 11.7 Å². The maximum absolute atomic E-state index is 12.0. The van der Waals surface area contributed by atoms with Gasteiger partial charge in [0.25, 0.3) is 0 Å². The van der Waals surface area contributed by atoms with Crippen LogP contribution < -0.4 is 5.32 Å². The number of rotatable bonds is 4. The molecule has 0 unspecified atom stereocenters. The van der Waals surface area contributed by atoms with Crippen LogP contribution in [-0.2, 0) is 11.2 Å². The molecule has 5 nitrogen and oxygen atoms in total. The van der Waals surface area contributed by atoms with Gasteiger partial charge in [0.05, 0.1) is 6.42 Å². The molecule has 2 aromatic rings. The van der Waals surface area contributed by atoms with Crippen molar-refractivity contribution in [2.75, 3.05) is 5.32 Å². The van der Waals surface area contributed by atoms with Crippen LogP contribution in [0.25, 0.3) is 0 Å². The summed E-state index contributed by atoms with van der Waals surface area (Å²) in [5.41, 5.74) is 3.03. The van der Waals surface area contributed by atoms with Gasteiger partial charge in [-0.1, -0.05) is 12.8 Å². The van der Waals surface area contributed by atoms with Gasteiger partial charge < -0.3 is 5.32 Å². The van der Waals surface area contributed by atoms with E-state index in [0.29, 0.717) is 18.2 Å². The molecule has 5 heteroatoms. The number of carbonyl (C=O) groups is 1. The second-order valence-electron chi connectivity index (χ2n) is 5.72. The van der Waals surface area contributed by atoms with E-state index in [1.165, 1.54) is 25.7 Å². The van der Waals surface area contributed by atoms with Gasteiger partial charge in [0.1, 0.15) is 0 Å². The van der Waals surface area contributed by atoms with Crippen molar-refractivity contribution in [3.63, 3.8) is 0 Å². The Hall–Kier alpha value is -2.17. The molecule has 110 valence electrons. The summed E-state index contributed by atoms with van der Waals surface area (Å²) in [5.74, 6) is 1.14. The second kappa shape index (κ2) is 6.08. The van der Waals surface area contributed by atoms with E-state index in [0.717, 1.165) is 17.0 Å². The molecule has 0 saturated heterocycles. The van der Waals surface area contributed by atoms with Crippen LogP contribution in [0, 0.1) is 6.92 Å². The fraction of sp³-hybridized carbons (Fsp3) is 0.438. The topological polar surface area (TPSA) is 70.7 Å². The molecule has 1 saturated carbocycles. The minimum absolute atomic E-state index is 0.0509. The maximum Gasteiger partial charge on any atom is 0.229 e. The first-order valence-corrected chi connectivity index (χ1v) is 7.47. The normalized spacial score (nSPS) is 15.3. The molecule has 0 aromatic carbocycles. The van der Waals surface area contributed by atoms with E-state index >= 15 is 0 Å². The predicted octanol–water partition coefficient (Wildman–Crippen LogP) is 2.95. The zero-order valence-electron chi connectivity index (χ0n) is 12.2. The average molecular weight is 284 g/mol. The van der Waals surface area contributed by atoms with E-state index < -0.39 is 0 Å². The summed E-state index contributed by atoms with van der Waals surface area (Å²) in [7, 11) is 0. The Kier molecular flexibility index (Phi) is 3.99. The van der Waals surface area contributed by atoms with Gasteiger partial charge in [-0.15, -0.1) is 0 Å². The van der Waals surface area contributed by atoms with E-state index in [9.17, 15) is 4.79 Å². The molecule has 1 aliphatic carbocycles. The van der Waals surface area contributed by atoms with Crippen LogP contribution in [0.4, 0.5) is 5.82 Å². The van der Waals surface area contributed by atoms with E-state index in [4.69, 9.17) is 0 Å². The monoisotopic (exact) mass is 284 g/mol. The highest BCUT2D eigenvalue weighted by Gasteiger charge is 2.19. The average Bonchev–Trinajstić information content (AvgIpc) is 3.08. The second-order valence-corrected chi connectivity index (χ2v) is 5.72. The first-order valence-electron chi connectivity index (χ1n) is 7.47. The molecule has 3 rings (SSSR count). The number of amides is 1. The maximum atomic E-state index is 12.0. The van der Waals surface area contributed by atoms with Crippen LogP contribution >= 0.6 is 0 Å². The fourth-order valence-corrected chi connectivity index (χ4v) is 2.93. The largest absolute Gasteiger partial charge is 0.309 e. The summed E-state index contributed by atoms with van der Waals surface area (Å²) in [6.07, 6.45) is 7.07. The summed E-state index contributed by atoms with van der Waals surface area (Å²) in [4.78, 5) is 16.2. The summed E-state index contributed by atoms with van der Waals surface area (Å²) in [6.45, 7) is 1.92. The van der Waals surface area contributed by atoms with Gasteiger partial charge in [-0.05, 0) is 37.5 Å². The van der Waals surface area contributed by atoms with Gasteiger partial charge in [-0.25, -0.2) is 0 Å². The van der Waals surface area contributed by atoms with Crippen LogP contribution in [0.2, 0.25) is 0 Å². The third kappa shape index (κ3) is 3.48. The molecule has 0 bridgehead atoms. The Morgan fingerprint density at radius 3 is 2.95 bits per heavy atom. The Labute approximate surface area is 124 Å². The van der Waals surface area contributed by atoms with Crippen molar-refractivity contribution in [3.05, 3.63) is 41.3 Å². The number of nitrogens with zero attached hydrogens (tertiary/aromatic N) is 2. The lowest BCUT2D eigenvalue weighted by Crippen LogP contribution is -2.14. The standard InChI is InChI=1S/C16H20N4O/c1-11-8-12(6-7-17-11)9-16(21)18-15-10-14(19-20-15)13-4-2-3-5-13/h6-8,10,13H,2-5,9H2,1H3,(H2,18,19,20,21). The molecule has 1 fully saturated rings. The quantitative estimate of drug-likeness (QED) is 0.906. The summed E-state index contributed by atoms with van der Waals surface area (Å²) >= 11 is 0. The van der Waals surface area contributed by atoms with Gasteiger partial charge >= 0.3 is 0 Å². The van der Waals surface area contributed by atoms with Crippen molar-refractivity contribution < 1.29 is 4.79 Å². The van der Waals surface area contributed by atoms with Gasteiger partial charge in [0.15, 0.2) is 5.82 Å². The van der Waals surface area contributed by atoms with Crippen LogP contribution in [0.1, 0.15) is 48.6 Å². The number of anilines is 1. The zero-order chi connectivity index (χ0) is 14.7. The van der Waals surface area contributed by atoms with Crippen molar-refractivity contribution in [1.29, 1.82) is 0 Å². The Bertz CT molecular complexity index is 629. The molecule has 0 spiro atoms. The first-order chi connectivity index (χ1) is 10.2. The number of hydrogen-bond acceptors (Lipinski definition) is 3. The van der Waals surface area contributed by atoms with Gasteiger partial charge in [-0.3, -0.25) is 14.9 Å². The minimum atomic E-state index is -0.0509. The number of aryl methyl sites for hydroxylation is 1. The van der Waals surface area contributed by atoms with Gasteiger partial charge in [0.2, 0.25) is 5.91 Å². The molecule has 2 N–H and O–H groups in total. The number of nitrogens with one attached hydrogen (secondary N) is 2. The van der Waals surface area contributed by atoms with Gasteiger partial charge in [-0.2, -0.15) is 5.10 Å². The molecule has 0 radical (unpaired) electrons. The van der Waals surface area contributed by atoms with Crippen LogP contribution in [0.3, 0.4) is 0 Å². The van der Waals surface area contributed by atoms with E-state index in [-0.39, 0.29) is 5.91 Å². The number of aromatic amines is 1. The lowest BCUT2D eigenvalue weighted by atomic mass is 10.0. The first kappa shape index (κ1) is 13.8. The SMILES string of the molecule is Cc1cc(CC(=O)Nc2cc(C3CCCC3)[nH]n2)ccn1. The lowest BCUT2D eigenvalue weighted by Gasteiger charge is -2.04. The highest BCUT2D eigenvalue weighted by molar-refractivity contribution is 5.91. The molecule has 1 aliphatic rings. The van der Waals surface area contributed by atoms with E-state index in [2.05, 4.69) is 20.5 Å².